The van der Waals surface area contributed by atoms with E-state index in [4.69, 9.17) is 0 Å². The molecule has 1 saturated heterocycles. The van der Waals surface area contributed by atoms with Crippen LogP contribution in [0, 0.1) is 0 Å². The van der Waals surface area contributed by atoms with E-state index in [0.717, 1.165) is 13.0 Å². The normalized spacial score (nSPS) is 25.6. The zero-order valence-corrected chi connectivity index (χ0v) is 8.82. The van der Waals surface area contributed by atoms with Crippen molar-refractivity contribution in [2.75, 3.05) is 18.2 Å². The van der Waals surface area contributed by atoms with E-state index in [9.17, 15) is 8.42 Å². The highest BCUT2D eigenvalue weighted by molar-refractivity contribution is 7.91. The molecule has 0 bridgehead atoms. The van der Waals surface area contributed by atoms with E-state index in [1.807, 2.05) is 25.7 Å². The van der Waals surface area contributed by atoms with Gasteiger partial charge < -0.3 is 0 Å². The number of hydrogen-bond acceptors (Lipinski definition) is 3. The van der Waals surface area contributed by atoms with Gasteiger partial charge in [0.2, 0.25) is 0 Å². The minimum absolute atomic E-state index is 0.0203. The Hall–Kier alpha value is -0.0900. The molecule has 1 heterocycles. The summed E-state index contributed by atoms with van der Waals surface area (Å²) in [7, 11) is -2.79. The van der Waals surface area contributed by atoms with Crippen molar-refractivity contribution in [1.29, 1.82) is 0 Å². The average Bonchev–Trinajstić information content (AvgIpc) is 1.83. The van der Waals surface area contributed by atoms with Crippen LogP contribution in [0.1, 0.15) is 27.2 Å². The zero-order valence-electron chi connectivity index (χ0n) is 8.00. The van der Waals surface area contributed by atoms with Crippen LogP contribution in [-0.2, 0) is 9.84 Å². The summed E-state index contributed by atoms with van der Waals surface area (Å²) in [5.74, 6) is 0.593. The van der Waals surface area contributed by atoms with E-state index in [1.54, 1.807) is 0 Å². The Kier molecular flexibility index (Phi) is 2.50. The zero-order chi connectivity index (χ0) is 9.41. The molecule has 12 heavy (non-hydrogen) atoms. The molecule has 0 atom stereocenters. The molecule has 4 heteroatoms. The summed E-state index contributed by atoms with van der Waals surface area (Å²) in [6, 6.07) is 0. The molecule has 0 amide bonds. The molecule has 1 aliphatic rings. The van der Waals surface area contributed by atoms with Crippen molar-refractivity contribution >= 4 is 9.84 Å². The Morgan fingerprint density at radius 3 is 2.17 bits per heavy atom. The molecule has 0 unspecified atom stereocenters. The first-order valence-corrected chi connectivity index (χ1v) is 6.09. The van der Waals surface area contributed by atoms with Crippen molar-refractivity contribution in [3.8, 4) is 0 Å². The first kappa shape index (κ1) is 9.99. The molecular formula is C8H17NO2S. The van der Waals surface area contributed by atoms with Crippen LogP contribution in [0.4, 0.5) is 0 Å². The lowest BCUT2D eigenvalue weighted by molar-refractivity contribution is 0.157. The standard InChI is InChI=1S/C8H17NO2S/c1-8(2,3)9-5-4-6-12(10,11)7-9/h4-7H2,1-3H3. The molecule has 0 aromatic rings. The summed E-state index contributed by atoms with van der Waals surface area (Å²) < 4.78 is 22.5. The maximum Gasteiger partial charge on any atom is 0.163 e. The lowest BCUT2D eigenvalue weighted by atomic mass is 10.1. The second kappa shape index (κ2) is 3.00. The quantitative estimate of drug-likeness (QED) is 0.570. The van der Waals surface area contributed by atoms with E-state index >= 15 is 0 Å². The van der Waals surface area contributed by atoms with Crippen LogP contribution in [0.2, 0.25) is 0 Å². The minimum atomic E-state index is -2.79. The Bertz CT molecular complexity index is 251. The lowest BCUT2D eigenvalue weighted by Gasteiger charge is -2.37. The van der Waals surface area contributed by atoms with E-state index < -0.39 is 9.84 Å². The Balaban J connectivity index is 2.71. The molecule has 0 radical (unpaired) electrons. The van der Waals surface area contributed by atoms with Crippen molar-refractivity contribution in [1.82, 2.24) is 4.90 Å². The number of sulfone groups is 1. The molecule has 0 aliphatic carbocycles. The van der Waals surface area contributed by atoms with Gasteiger partial charge in [0, 0.05) is 12.1 Å². The topological polar surface area (TPSA) is 37.4 Å². The van der Waals surface area contributed by atoms with Crippen molar-refractivity contribution in [3.05, 3.63) is 0 Å². The molecule has 1 aliphatic heterocycles. The fraction of sp³-hybridized carbons (Fsp3) is 1.00. The molecule has 0 aromatic carbocycles. The van der Waals surface area contributed by atoms with Crippen LogP contribution >= 0.6 is 0 Å². The van der Waals surface area contributed by atoms with E-state index in [1.165, 1.54) is 0 Å². The largest absolute Gasteiger partial charge is 0.285 e. The molecule has 1 fully saturated rings. The molecule has 0 saturated carbocycles. The SMILES string of the molecule is CC(C)(C)N1CCCS(=O)(=O)C1. The van der Waals surface area contributed by atoms with Gasteiger partial charge in [0.25, 0.3) is 0 Å². The highest BCUT2D eigenvalue weighted by Gasteiger charge is 2.29. The molecule has 72 valence electrons. The van der Waals surface area contributed by atoms with Crippen molar-refractivity contribution < 1.29 is 8.42 Å². The fourth-order valence-corrected chi connectivity index (χ4v) is 3.06. The minimum Gasteiger partial charge on any atom is -0.285 e. The van der Waals surface area contributed by atoms with Crippen LogP contribution in [0.3, 0.4) is 0 Å². The van der Waals surface area contributed by atoms with Crippen LogP contribution in [0.5, 0.6) is 0 Å². The van der Waals surface area contributed by atoms with Gasteiger partial charge in [-0.15, -0.1) is 0 Å². The predicted molar refractivity (Wildman–Crippen MR) is 49.7 cm³/mol. The van der Waals surface area contributed by atoms with Gasteiger partial charge in [-0.3, -0.25) is 4.90 Å². The van der Waals surface area contributed by atoms with Crippen LogP contribution in [0.15, 0.2) is 0 Å². The number of rotatable bonds is 0. The van der Waals surface area contributed by atoms with Crippen LogP contribution in [0.25, 0.3) is 0 Å². The molecule has 0 spiro atoms. The maximum absolute atomic E-state index is 11.3. The summed E-state index contributed by atoms with van der Waals surface area (Å²) >= 11 is 0. The van der Waals surface area contributed by atoms with Gasteiger partial charge >= 0.3 is 0 Å². The van der Waals surface area contributed by atoms with Gasteiger partial charge in [0.15, 0.2) is 9.84 Å². The molecule has 0 aromatic heterocycles. The van der Waals surface area contributed by atoms with E-state index in [2.05, 4.69) is 0 Å². The molecular weight excluding hydrogens is 174 g/mol. The summed E-state index contributed by atoms with van der Waals surface area (Å²) in [4.78, 5) is 2.02. The first-order chi connectivity index (χ1) is 5.31. The van der Waals surface area contributed by atoms with E-state index in [0.29, 0.717) is 5.75 Å². The summed E-state index contributed by atoms with van der Waals surface area (Å²) in [5, 5.41) is 0. The van der Waals surface area contributed by atoms with E-state index in [-0.39, 0.29) is 11.4 Å². The van der Waals surface area contributed by atoms with Crippen LogP contribution < -0.4 is 0 Å². The van der Waals surface area contributed by atoms with Gasteiger partial charge in [-0.05, 0) is 27.2 Å². The van der Waals surface area contributed by atoms with Gasteiger partial charge in [0.05, 0.1) is 5.75 Å². The Labute approximate surface area is 74.7 Å². The number of hydrogen-bond donors (Lipinski definition) is 0. The third kappa shape index (κ3) is 2.45. The second-order valence-electron chi connectivity index (χ2n) is 4.36. The predicted octanol–water partition coefficient (Wildman–Crippen LogP) is 0.863. The highest BCUT2D eigenvalue weighted by Crippen LogP contribution is 2.18. The Morgan fingerprint density at radius 2 is 1.83 bits per heavy atom. The van der Waals surface area contributed by atoms with Gasteiger partial charge in [-0.2, -0.15) is 0 Å². The molecule has 0 N–H and O–H groups in total. The van der Waals surface area contributed by atoms with Crippen molar-refractivity contribution in [3.63, 3.8) is 0 Å². The fourth-order valence-electron chi connectivity index (χ4n) is 1.37. The highest BCUT2D eigenvalue weighted by atomic mass is 32.2. The number of nitrogens with zero attached hydrogens (tertiary/aromatic N) is 1. The summed E-state index contributed by atoms with van der Waals surface area (Å²) in [6.07, 6.45) is 0.777. The lowest BCUT2D eigenvalue weighted by Crippen LogP contribution is -2.48. The summed E-state index contributed by atoms with van der Waals surface area (Å²) in [6.45, 7) is 7.05. The van der Waals surface area contributed by atoms with Crippen molar-refractivity contribution in [2.24, 2.45) is 0 Å². The first-order valence-electron chi connectivity index (χ1n) is 4.27. The Morgan fingerprint density at radius 1 is 1.25 bits per heavy atom. The second-order valence-corrected chi connectivity index (χ2v) is 6.52. The van der Waals surface area contributed by atoms with Crippen LogP contribution in [-0.4, -0.2) is 37.0 Å². The van der Waals surface area contributed by atoms with Crippen molar-refractivity contribution in [2.45, 2.75) is 32.7 Å². The average molecular weight is 191 g/mol. The van der Waals surface area contributed by atoms with Gasteiger partial charge in [-0.25, -0.2) is 8.42 Å². The monoisotopic (exact) mass is 191 g/mol. The smallest absolute Gasteiger partial charge is 0.163 e. The molecule has 1 rings (SSSR count). The summed E-state index contributed by atoms with van der Waals surface area (Å²) in [5.41, 5.74) is -0.0203. The third-order valence-electron chi connectivity index (χ3n) is 2.18. The van der Waals surface area contributed by atoms with Gasteiger partial charge in [-0.1, -0.05) is 0 Å². The van der Waals surface area contributed by atoms with Gasteiger partial charge in [0.1, 0.15) is 5.88 Å². The molecule has 3 nitrogen and oxygen atoms in total. The maximum atomic E-state index is 11.3. The third-order valence-corrected chi connectivity index (χ3v) is 3.80.